The summed E-state index contributed by atoms with van der Waals surface area (Å²) in [6, 6.07) is 13.0. The van der Waals surface area contributed by atoms with Gasteiger partial charge in [-0.3, -0.25) is 4.98 Å². The van der Waals surface area contributed by atoms with Crippen molar-refractivity contribution in [3.05, 3.63) is 58.5 Å². The van der Waals surface area contributed by atoms with E-state index in [9.17, 15) is 0 Å². The van der Waals surface area contributed by atoms with Crippen molar-refractivity contribution in [2.24, 2.45) is 0 Å². The van der Waals surface area contributed by atoms with E-state index < -0.39 is 0 Å². The summed E-state index contributed by atoms with van der Waals surface area (Å²) >= 11 is 1.68. The maximum Gasteiger partial charge on any atom is 0.119 e. The second-order valence-corrected chi connectivity index (χ2v) is 6.01. The molecule has 0 saturated heterocycles. The van der Waals surface area contributed by atoms with Crippen LogP contribution in [0, 0.1) is 0 Å². The van der Waals surface area contributed by atoms with Crippen molar-refractivity contribution in [1.82, 2.24) is 10.3 Å². The normalized spacial score (nSPS) is 12.5. The largest absolute Gasteiger partial charge is 0.497 e. The molecule has 0 amide bonds. The van der Waals surface area contributed by atoms with Crippen LogP contribution in [0.25, 0.3) is 10.8 Å². The lowest BCUT2D eigenvalue weighted by atomic mass is 10.0. The van der Waals surface area contributed by atoms with Gasteiger partial charge in [0, 0.05) is 23.7 Å². The molecule has 1 unspecified atom stereocenters. The van der Waals surface area contributed by atoms with Crippen LogP contribution in [0.1, 0.15) is 23.4 Å². The molecule has 2 aromatic carbocycles. The molecule has 3 rings (SSSR count). The van der Waals surface area contributed by atoms with E-state index in [4.69, 9.17) is 4.74 Å². The number of hydrogen-bond acceptors (Lipinski definition) is 4. The molecule has 0 aliphatic carbocycles. The summed E-state index contributed by atoms with van der Waals surface area (Å²) < 4.78 is 5.26. The molecule has 1 atom stereocenters. The molecule has 3 aromatic rings. The number of ether oxygens (including phenoxy) is 1. The summed E-state index contributed by atoms with van der Waals surface area (Å²) in [5, 5.41) is 5.97. The summed E-state index contributed by atoms with van der Waals surface area (Å²) in [6.45, 7) is 3.04. The van der Waals surface area contributed by atoms with E-state index in [1.54, 1.807) is 18.4 Å². The minimum absolute atomic E-state index is 0.304. The lowest BCUT2D eigenvalue weighted by Gasteiger charge is -2.14. The molecule has 0 spiro atoms. The highest BCUT2D eigenvalue weighted by molar-refractivity contribution is 7.09. The molecule has 21 heavy (non-hydrogen) atoms. The second-order valence-electron chi connectivity index (χ2n) is 5.04. The first-order chi connectivity index (χ1) is 10.3. The van der Waals surface area contributed by atoms with Crippen LogP contribution in [0.15, 0.2) is 48.1 Å². The molecule has 108 valence electrons. The van der Waals surface area contributed by atoms with Crippen molar-refractivity contribution >= 4 is 22.1 Å². The Kier molecular flexibility index (Phi) is 4.18. The topological polar surface area (TPSA) is 34.1 Å². The quantitative estimate of drug-likeness (QED) is 0.768. The molecule has 1 N–H and O–H groups in total. The number of nitrogens with zero attached hydrogens (tertiary/aromatic N) is 1. The van der Waals surface area contributed by atoms with Crippen LogP contribution in [-0.4, -0.2) is 12.1 Å². The monoisotopic (exact) mass is 298 g/mol. The maximum atomic E-state index is 5.26. The first-order valence-corrected chi connectivity index (χ1v) is 7.82. The molecule has 1 aromatic heterocycles. The Labute approximate surface area is 128 Å². The zero-order chi connectivity index (χ0) is 14.7. The Bertz CT molecular complexity index is 725. The Morgan fingerprint density at radius 1 is 1.19 bits per heavy atom. The molecule has 0 bridgehead atoms. The van der Waals surface area contributed by atoms with Crippen LogP contribution in [0.3, 0.4) is 0 Å². The van der Waals surface area contributed by atoms with Crippen molar-refractivity contribution in [3.63, 3.8) is 0 Å². The Morgan fingerprint density at radius 3 is 2.76 bits per heavy atom. The highest BCUT2D eigenvalue weighted by Crippen LogP contribution is 2.24. The molecular formula is C17H18N2OS. The van der Waals surface area contributed by atoms with Gasteiger partial charge in [0.1, 0.15) is 5.75 Å². The van der Waals surface area contributed by atoms with E-state index in [0.29, 0.717) is 6.04 Å². The molecule has 0 radical (unpaired) electrons. The minimum Gasteiger partial charge on any atom is -0.497 e. The van der Waals surface area contributed by atoms with Crippen molar-refractivity contribution < 1.29 is 4.74 Å². The summed E-state index contributed by atoms with van der Waals surface area (Å²) in [7, 11) is 1.70. The number of nitrogens with one attached hydrogen (secondary N) is 1. The van der Waals surface area contributed by atoms with Crippen LogP contribution in [0.2, 0.25) is 0 Å². The smallest absolute Gasteiger partial charge is 0.119 e. The van der Waals surface area contributed by atoms with E-state index in [2.05, 4.69) is 47.6 Å². The molecular weight excluding hydrogens is 280 g/mol. The third-order valence-electron chi connectivity index (χ3n) is 3.64. The van der Waals surface area contributed by atoms with Gasteiger partial charge in [0.05, 0.1) is 12.6 Å². The predicted molar refractivity (Wildman–Crippen MR) is 87.9 cm³/mol. The predicted octanol–water partition coefficient (Wildman–Crippen LogP) is 4.16. The highest BCUT2D eigenvalue weighted by Gasteiger charge is 2.07. The third kappa shape index (κ3) is 3.23. The molecule has 0 aliphatic rings. The van der Waals surface area contributed by atoms with Gasteiger partial charge in [-0.2, -0.15) is 0 Å². The lowest BCUT2D eigenvalue weighted by molar-refractivity contribution is 0.415. The number of rotatable bonds is 5. The van der Waals surface area contributed by atoms with Crippen molar-refractivity contribution in [2.45, 2.75) is 19.5 Å². The first-order valence-electron chi connectivity index (χ1n) is 6.95. The number of methoxy groups -OCH3 is 1. The molecule has 4 heteroatoms. The number of aromatic nitrogens is 1. The molecule has 0 fully saturated rings. The number of benzene rings is 2. The number of thiazole rings is 1. The van der Waals surface area contributed by atoms with Gasteiger partial charge >= 0.3 is 0 Å². The van der Waals surface area contributed by atoms with E-state index in [-0.39, 0.29) is 0 Å². The van der Waals surface area contributed by atoms with Crippen LogP contribution in [0.5, 0.6) is 5.75 Å². The fourth-order valence-corrected chi connectivity index (χ4v) is 2.89. The van der Waals surface area contributed by atoms with Gasteiger partial charge in [-0.1, -0.05) is 18.2 Å². The summed E-state index contributed by atoms with van der Waals surface area (Å²) in [5.41, 5.74) is 3.16. The zero-order valence-corrected chi connectivity index (χ0v) is 13.0. The van der Waals surface area contributed by atoms with Gasteiger partial charge in [0.15, 0.2) is 0 Å². The lowest BCUT2D eigenvalue weighted by Crippen LogP contribution is -2.17. The SMILES string of the molecule is COc1ccc2cc(C(C)NCc3cncs3)ccc2c1. The molecule has 0 saturated carbocycles. The maximum absolute atomic E-state index is 5.26. The van der Waals surface area contributed by atoms with Crippen LogP contribution in [-0.2, 0) is 6.54 Å². The highest BCUT2D eigenvalue weighted by atomic mass is 32.1. The number of hydrogen-bond donors (Lipinski definition) is 1. The molecule has 1 heterocycles. The fraction of sp³-hybridized carbons (Fsp3) is 0.235. The average molecular weight is 298 g/mol. The Morgan fingerprint density at radius 2 is 2.00 bits per heavy atom. The van der Waals surface area contributed by atoms with Crippen molar-refractivity contribution in [1.29, 1.82) is 0 Å². The van der Waals surface area contributed by atoms with Gasteiger partial charge in [-0.05, 0) is 41.5 Å². The number of fused-ring (bicyclic) bond motifs is 1. The van der Waals surface area contributed by atoms with Crippen molar-refractivity contribution in [2.75, 3.05) is 7.11 Å². The van der Waals surface area contributed by atoms with Crippen LogP contribution in [0.4, 0.5) is 0 Å². The van der Waals surface area contributed by atoms with E-state index in [1.807, 2.05) is 17.8 Å². The second kappa shape index (κ2) is 6.24. The zero-order valence-electron chi connectivity index (χ0n) is 12.2. The van der Waals surface area contributed by atoms with Gasteiger partial charge in [-0.25, -0.2) is 0 Å². The van der Waals surface area contributed by atoms with Crippen molar-refractivity contribution in [3.8, 4) is 5.75 Å². The van der Waals surface area contributed by atoms with Gasteiger partial charge in [0.2, 0.25) is 0 Å². The average Bonchev–Trinajstić information content (AvgIpc) is 3.05. The summed E-state index contributed by atoms with van der Waals surface area (Å²) in [4.78, 5) is 5.35. The van der Waals surface area contributed by atoms with Crippen LogP contribution < -0.4 is 10.1 Å². The first kappa shape index (κ1) is 14.0. The van der Waals surface area contributed by atoms with E-state index in [0.717, 1.165) is 12.3 Å². The summed E-state index contributed by atoms with van der Waals surface area (Å²) in [6.07, 6.45) is 1.91. The van der Waals surface area contributed by atoms with Gasteiger partial charge in [-0.15, -0.1) is 11.3 Å². The van der Waals surface area contributed by atoms with E-state index in [1.165, 1.54) is 21.2 Å². The van der Waals surface area contributed by atoms with Gasteiger partial charge < -0.3 is 10.1 Å². The fourth-order valence-electron chi connectivity index (χ4n) is 2.34. The van der Waals surface area contributed by atoms with Gasteiger partial charge in [0.25, 0.3) is 0 Å². The minimum atomic E-state index is 0.304. The standard InChI is InChI=1S/C17H18N2OS/c1-12(19-10-17-9-18-11-21-17)13-3-4-15-8-16(20-2)6-5-14(15)7-13/h3-9,11-12,19H,10H2,1-2H3. The Balaban J connectivity index is 1.76. The van der Waals surface area contributed by atoms with Crippen LogP contribution >= 0.6 is 11.3 Å². The molecule has 3 nitrogen and oxygen atoms in total. The third-order valence-corrected chi connectivity index (χ3v) is 4.42. The summed E-state index contributed by atoms with van der Waals surface area (Å²) in [5.74, 6) is 0.895. The van der Waals surface area contributed by atoms with E-state index >= 15 is 0 Å². The Hall–Kier alpha value is -1.91. The molecule has 0 aliphatic heterocycles.